The molecule has 0 fully saturated rings. The zero-order valence-corrected chi connectivity index (χ0v) is 32.0. The lowest BCUT2D eigenvalue weighted by Crippen LogP contribution is -2.10. The van der Waals surface area contributed by atoms with Crippen LogP contribution in [0.3, 0.4) is 0 Å². The summed E-state index contributed by atoms with van der Waals surface area (Å²) >= 11 is 0. The normalized spacial score (nSPS) is 10.7. The summed E-state index contributed by atoms with van der Waals surface area (Å²) in [7, 11) is 0. The van der Waals surface area contributed by atoms with E-state index in [-0.39, 0.29) is 15.7 Å². The van der Waals surface area contributed by atoms with Crippen LogP contribution in [0.25, 0.3) is 60.7 Å². The first-order valence-corrected chi connectivity index (χ1v) is 17.4. The highest BCUT2D eigenvalue weighted by molar-refractivity contribution is 6.92. The molecule has 53 heavy (non-hydrogen) atoms. The van der Waals surface area contributed by atoms with Gasteiger partial charge in [-0.2, -0.15) is 9.90 Å². The molecule has 0 bridgehead atoms. The number of aromatic nitrogens is 1. The Morgan fingerprint density at radius 1 is 0.509 bits per heavy atom. The fourth-order valence-electron chi connectivity index (χ4n) is 6.19. The Hall–Kier alpha value is -6.22. The number of nitrogens with two attached hydrogens (primary N) is 2. The lowest BCUT2D eigenvalue weighted by atomic mass is 10.0. The standard InChI is InChI=1S/C22H20N2.C13H12N2.C13H12.H3P/c1-15(2)11-14-21(23)24-19-10-6-5-9-18(19)22-17-8-4-3-7-16(17)12-13-20(22)24;14-13(15)12-8-6-11(7-9-12)10-4-2-1-3-5-10;1-11-7-9-13(10-8-11)12-5-3-2-4-6-12;/h3-14H,23H2,1-2H3;1-9H,(H3,14,15);2-10H,1H3;1H3/b21-14+;;;. The van der Waals surface area contributed by atoms with Crippen molar-refractivity contribution in [3.8, 4) is 22.3 Å². The van der Waals surface area contributed by atoms with Crippen molar-refractivity contribution >= 4 is 54.1 Å². The molecule has 0 amide bonds. The molecular weight excluding hydrogens is 664 g/mol. The van der Waals surface area contributed by atoms with E-state index in [0.29, 0.717) is 0 Å². The molecule has 7 aromatic carbocycles. The molecule has 0 aliphatic carbocycles. The minimum absolute atomic E-state index is 0. The van der Waals surface area contributed by atoms with Gasteiger partial charge in [0, 0.05) is 16.3 Å². The highest BCUT2D eigenvalue weighted by Crippen LogP contribution is 2.35. The number of aryl methyl sites for hydroxylation is 1. The number of benzene rings is 7. The Kier molecular flexibility index (Phi) is 12.8. The number of para-hydroxylation sites is 1. The van der Waals surface area contributed by atoms with Crippen LogP contribution in [0.15, 0.2) is 188 Å². The van der Waals surface area contributed by atoms with E-state index in [9.17, 15) is 0 Å². The Bertz CT molecular complexity index is 2490. The molecule has 0 saturated carbocycles. The molecule has 5 heteroatoms. The van der Waals surface area contributed by atoms with Gasteiger partial charge in [-0.25, -0.2) is 0 Å². The maximum atomic E-state index is 7.29. The number of nitrogen functional groups attached to an aromatic ring is 1. The van der Waals surface area contributed by atoms with Crippen LogP contribution < -0.4 is 11.5 Å². The van der Waals surface area contributed by atoms with Crippen LogP contribution in [-0.2, 0) is 0 Å². The number of nitrogens with one attached hydrogen (secondary N) is 1. The van der Waals surface area contributed by atoms with E-state index in [1.54, 1.807) is 0 Å². The van der Waals surface area contributed by atoms with E-state index < -0.39 is 0 Å². The van der Waals surface area contributed by atoms with Crippen molar-refractivity contribution in [2.45, 2.75) is 20.8 Å². The summed E-state index contributed by atoms with van der Waals surface area (Å²) in [6.07, 6.45) is 4.04. The molecule has 0 aliphatic heterocycles. The Labute approximate surface area is 316 Å². The van der Waals surface area contributed by atoms with Crippen molar-refractivity contribution in [2.75, 3.05) is 0 Å². The largest absolute Gasteiger partial charge is 0.385 e. The molecule has 8 aromatic rings. The van der Waals surface area contributed by atoms with Gasteiger partial charge in [0.2, 0.25) is 0 Å². The summed E-state index contributed by atoms with van der Waals surface area (Å²) in [5.41, 5.74) is 22.3. The summed E-state index contributed by atoms with van der Waals surface area (Å²) in [5.74, 6) is 0.840. The van der Waals surface area contributed by atoms with Crippen molar-refractivity contribution in [2.24, 2.45) is 11.5 Å². The Morgan fingerprint density at radius 3 is 1.57 bits per heavy atom. The summed E-state index contributed by atoms with van der Waals surface area (Å²) < 4.78 is 2.15. The van der Waals surface area contributed by atoms with Gasteiger partial charge < -0.3 is 11.5 Å². The molecule has 0 aliphatic rings. The predicted octanol–water partition coefficient (Wildman–Crippen LogP) is 12.0. The maximum absolute atomic E-state index is 7.29. The number of hydrogen-bond acceptors (Lipinski definition) is 2. The van der Waals surface area contributed by atoms with Crippen LogP contribution in [0, 0.1) is 12.3 Å². The third kappa shape index (κ3) is 9.18. The zero-order chi connectivity index (χ0) is 36.5. The van der Waals surface area contributed by atoms with Gasteiger partial charge in [-0.15, -0.1) is 0 Å². The number of fused-ring (bicyclic) bond motifs is 5. The van der Waals surface area contributed by atoms with Crippen molar-refractivity contribution in [1.29, 1.82) is 5.41 Å². The molecule has 264 valence electrons. The molecule has 8 rings (SSSR count). The SMILES string of the molecule is CC(C)=C/C=C(\N)n1c2ccccc2c2c3ccccc3ccc21.Cc1ccc(-c2ccccc2)cc1.N=C(N)c1ccc(-c2ccccc2)cc1.P. The summed E-state index contributed by atoms with van der Waals surface area (Å²) in [4.78, 5) is 0. The minimum Gasteiger partial charge on any atom is -0.385 e. The third-order valence-corrected chi connectivity index (χ3v) is 8.87. The van der Waals surface area contributed by atoms with Crippen LogP contribution in [-0.4, -0.2) is 10.4 Å². The highest BCUT2D eigenvalue weighted by atomic mass is 31.0. The van der Waals surface area contributed by atoms with E-state index in [2.05, 4.69) is 153 Å². The van der Waals surface area contributed by atoms with Crippen molar-refractivity contribution in [3.63, 3.8) is 0 Å². The van der Waals surface area contributed by atoms with Gasteiger partial charge in [-0.3, -0.25) is 9.98 Å². The van der Waals surface area contributed by atoms with Crippen LogP contribution in [0.5, 0.6) is 0 Å². The molecule has 0 spiro atoms. The molecular formula is C48H47N4P. The molecule has 1 unspecified atom stereocenters. The van der Waals surface area contributed by atoms with Crippen molar-refractivity contribution in [3.05, 3.63) is 199 Å². The summed E-state index contributed by atoms with van der Waals surface area (Å²) in [6.45, 7) is 6.25. The van der Waals surface area contributed by atoms with Gasteiger partial charge in [0.1, 0.15) is 11.7 Å². The second kappa shape index (κ2) is 17.8. The molecule has 1 atom stereocenters. The second-order valence-corrected chi connectivity index (χ2v) is 13.0. The van der Waals surface area contributed by atoms with Crippen LogP contribution in [0.2, 0.25) is 0 Å². The quantitative estimate of drug-likeness (QED) is 0.0719. The van der Waals surface area contributed by atoms with Gasteiger partial charge >= 0.3 is 0 Å². The smallest absolute Gasteiger partial charge is 0.122 e. The van der Waals surface area contributed by atoms with E-state index in [4.69, 9.17) is 16.9 Å². The maximum Gasteiger partial charge on any atom is 0.122 e. The van der Waals surface area contributed by atoms with Gasteiger partial charge in [0.05, 0.1) is 11.0 Å². The molecule has 1 aromatic heterocycles. The first kappa shape index (κ1) is 38.0. The third-order valence-electron chi connectivity index (χ3n) is 8.87. The first-order chi connectivity index (χ1) is 25.3. The fourth-order valence-corrected chi connectivity index (χ4v) is 6.19. The number of nitrogens with zero attached hydrogens (tertiary/aromatic N) is 1. The highest BCUT2D eigenvalue weighted by Gasteiger charge is 2.14. The molecule has 0 radical (unpaired) electrons. The first-order valence-electron chi connectivity index (χ1n) is 17.4. The van der Waals surface area contributed by atoms with Crippen molar-refractivity contribution in [1.82, 2.24) is 4.57 Å². The van der Waals surface area contributed by atoms with Crippen LogP contribution in [0.4, 0.5) is 0 Å². The van der Waals surface area contributed by atoms with E-state index >= 15 is 0 Å². The number of hydrogen-bond donors (Lipinski definition) is 3. The van der Waals surface area contributed by atoms with Crippen LogP contribution in [0.1, 0.15) is 25.0 Å². The molecule has 4 nitrogen and oxygen atoms in total. The second-order valence-electron chi connectivity index (χ2n) is 13.0. The lowest BCUT2D eigenvalue weighted by Gasteiger charge is -2.07. The lowest BCUT2D eigenvalue weighted by molar-refractivity contribution is 1.17. The fraction of sp³-hybridized carbons (Fsp3) is 0.0625. The average molecular weight is 711 g/mol. The summed E-state index contributed by atoms with van der Waals surface area (Å²) in [6, 6.07) is 58.1. The summed E-state index contributed by atoms with van der Waals surface area (Å²) in [5, 5.41) is 12.3. The van der Waals surface area contributed by atoms with Crippen molar-refractivity contribution < 1.29 is 0 Å². The van der Waals surface area contributed by atoms with E-state index in [1.165, 1.54) is 49.4 Å². The number of allylic oxidation sites excluding steroid dienone is 3. The monoisotopic (exact) mass is 710 g/mol. The van der Waals surface area contributed by atoms with Gasteiger partial charge in [0.25, 0.3) is 0 Å². The topological polar surface area (TPSA) is 80.8 Å². The Morgan fingerprint density at radius 2 is 1.00 bits per heavy atom. The molecule has 5 N–H and O–H groups in total. The van der Waals surface area contributed by atoms with Gasteiger partial charge in [0.15, 0.2) is 0 Å². The van der Waals surface area contributed by atoms with Gasteiger partial charge in [-0.1, -0.05) is 175 Å². The van der Waals surface area contributed by atoms with Crippen LogP contribution >= 0.6 is 9.90 Å². The molecule has 0 saturated heterocycles. The number of rotatable bonds is 5. The molecule has 1 heterocycles. The Balaban J connectivity index is 0.000000162. The van der Waals surface area contributed by atoms with E-state index in [1.807, 2.05) is 54.6 Å². The average Bonchev–Trinajstić information content (AvgIpc) is 3.53. The predicted molar refractivity (Wildman–Crippen MR) is 235 cm³/mol. The number of amidine groups is 1. The zero-order valence-electron chi connectivity index (χ0n) is 30.6. The van der Waals surface area contributed by atoms with Gasteiger partial charge in [-0.05, 0) is 72.0 Å². The van der Waals surface area contributed by atoms with E-state index in [0.717, 1.165) is 28.0 Å². The minimum atomic E-state index is 0.